The molecule has 8 nitrogen and oxygen atoms in total. The van der Waals surface area contributed by atoms with Gasteiger partial charge in [-0.15, -0.1) is 5.10 Å². The zero-order valence-corrected chi connectivity index (χ0v) is 18.7. The number of benzene rings is 2. The summed E-state index contributed by atoms with van der Waals surface area (Å²) in [5.41, 5.74) is 0.585. The highest BCUT2D eigenvalue weighted by Gasteiger charge is 2.32. The van der Waals surface area contributed by atoms with Crippen LogP contribution >= 0.6 is 0 Å². The van der Waals surface area contributed by atoms with E-state index in [1.807, 2.05) is 72.3 Å². The Morgan fingerprint density at radius 1 is 1.06 bits per heavy atom. The number of hydrogen-bond acceptors (Lipinski definition) is 5. The van der Waals surface area contributed by atoms with Crippen LogP contribution in [-0.2, 0) is 18.4 Å². The molecule has 4 rings (SSSR count). The lowest BCUT2D eigenvalue weighted by Crippen LogP contribution is -2.43. The Balaban J connectivity index is 1.50. The Labute approximate surface area is 186 Å². The van der Waals surface area contributed by atoms with Crippen molar-refractivity contribution in [1.29, 1.82) is 0 Å². The van der Waals surface area contributed by atoms with Gasteiger partial charge in [0.05, 0.1) is 23.1 Å². The molecule has 0 fully saturated rings. The normalized spacial score (nSPS) is 11.5. The number of rotatable bonds is 8. The molecule has 0 unspecified atom stereocenters. The van der Waals surface area contributed by atoms with Crippen LogP contribution in [0, 0.1) is 6.92 Å². The van der Waals surface area contributed by atoms with Crippen LogP contribution in [0.25, 0.3) is 10.9 Å². The number of nitrogens with one attached hydrogen (secondary N) is 1. The number of fused-ring (bicyclic) bond motifs is 1. The molecule has 2 aromatic carbocycles. The van der Waals surface area contributed by atoms with Crippen LogP contribution in [0.5, 0.6) is 11.6 Å². The molecule has 2 aromatic heterocycles. The second-order valence-electron chi connectivity index (χ2n) is 8.07. The molecule has 0 radical (unpaired) electrons. The first-order valence-corrected chi connectivity index (χ1v) is 10.5. The van der Waals surface area contributed by atoms with Crippen molar-refractivity contribution >= 4 is 22.6 Å². The molecule has 2 heterocycles. The van der Waals surface area contributed by atoms with Crippen molar-refractivity contribution in [3.05, 3.63) is 66.4 Å². The first-order chi connectivity index (χ1) is 15.3. The molecule has 1 N–H and O–H groups in total. The molecule has 1 amide bonds. The number of carbonyl (C=O) groups excluding carboxylic acids is 1. The molecule has 0 bridgehead atoms. The van der Waals surface area contributed by atoms with Gasteiger partial charge in [0.15, 0.2) is 5.60 Å². The van der Waals surface area contributed by atoms with E-state index in [0.717, 1.165) is 22.3 Å². The van der Waals surface area contributed by atoms with Gasteiger partial charge >= 0.3 is 0 Å². The molecule has 8 heteroatoms. The van der Waals surface area contributed by atoms with Crippen molar-refractivity contribution < 1.29 is 14.3 Å². The average Bonchev–Trinajstić information content (AvgIpc) is 3.27. The standard InChI is InChI=1S/C24H27N5O3/c1-17-16-21(28(4)26-17)25-23(30)24(2,3)32-22-19-12-8-9-13-20(19)29(27-22)14-15-31-18-10-6-5-7-11-18/h5-13,16H,14-15H2,1-4H3,(H,25,30). The van der Waals surface area contributed by atoms with E-state index in [-0.39, 0.29) is 5.91 Å². The van der Waals surface area contributed by atoms with Gasteiger partial charge in [0.2, 0.25) is 5.88 Å². The highest BCUT2D eigenvalue weighted by Crippen LogP contribution is 2.28. The predicted molar refractivity (Wildman–Crippen MR) is 123 cm³/mol. The molecule has 0 saturated heterocycles. The van der Waals surface area contributed by atoms with Crippen LogP contribution < -0.4 is 14.8 Å². The Kier molecular flexibility index (Phi) is 5.85. The fourth-order valence-electron chi connectivity index (χ4n) is 3.39. The summed E-state index contributed by atoms with van der Waals surface area (Å²) in [6.07, 6.45) is 0. The number of hydrogen-bond donors (Lipinski definition) is 1. The van der Waals surface area contributed by atoms with E-state index >= 15 is 0 Å². The molecule has 0 aliphatic carbocycles. The van der Waals surface area contributed by atoms with E-state index in [1.165, 1.54) is 0 Å². The third kappa shape index (κ3) is 4.59. The number of carbonyl (C=O) groups is 1. The minimum absolute atomic E-state index is 0.286. The smallest absolute Gasteiger partial charge is 0.269 e. The zero-order valence-electron chi connectivity index (χ0n) is 18.7. The highest BCUT2D eigenvalue weighted by molar-refractivity contribution is 5.96. The van der Waals surface area contributed by atoms with Crippen molar-refractivity contribution in [2.24, 2.45) is 7.05 Å². The summed E-state index contributed by atoms with van der Waals surface area (Å²) in [4.78, 5) is 12.9. The Hall–Kier alpha value is -3.81. The number of aromatic nitrogens is 4. The summed E-state index contributed by atoms with van der Waals surface area (Å²) in [5, 5.41) is 12.6. The Morgan fingerprint density at radius 2 is 1.78 bits per heavy atom. The topological polar surface area (TPSA) is 83.2 Å². The van der Waals surface area contributed by atoms with Gasteiger partial charge in [0.1, 0.15) is 18.2 Å². The summed E-state index contributed by atoms with van der Waals surface area (Å²) in [5.74, 6) is 1.54. The summed E-state index contributed by atoms with van der Waals surface area (Å²) in [6, 6.07) is 19.2. The Bertz CT molecular complexity index is 1230. The van der Waals surface area contributed by atoms with Gasteiger partial charge in [0, 0.05) is 13.1 Å². The third-order valence-corrected chi connectivity index (χ3v) is 5.08. The van der Waals surface area contributed by atoms with Gasteiger partial charge in [-0.2, -0.15) is 5.10 Å². The SMILES string of the molecule is Cc1cc(NC(=O)C(C)(C)Oc2nn(CCOc3ccccc3)c3ccccc23)n(C)n1. The fourth-order valence-corrected chi connectivity index (χ4v) is 3.39. The monoisotopic (exact) mass is 433 g/mol. The van der Waals surface area contributed by atoms with Crippen LogP contribution in [-0.4, -0.2) is 37.7 Å². The van der Waals surface area contributed by atoms with Crippen molar-refractivity contribution in [1.82, 2.24) is 19.6 Å². The third-order valence-electron chi connectivity index (χ3n) is 5.08. The van der Waals surface area contributed by atoms with E-state index in [0.29, 0.717) is 24.8 Å². The van der Waals surface area contributed by atoms with E-state index in [4.69, 9.17) is 9.47 Å². The zero-order chi connectivity index (χ0) is 22.7. The number of amides is 1. The van der Waals surface area contributed by atoms with Crippen molar-refractivity contribution in [3.63, 3.8) is 0 Å². The van der Waals surface area contributed by atoms with E-state index in [1.54, 1.807) is 25.6 Å². The minimum atomic E-state index is -1.15. The second kappa shape index (κ2) is 8.74. The lowest BCUT2D eigenvalue weighted by atomic mass is 10.1. The van der Waals surface area contributed by atoms with Crippen molar-refractivity contribution in [2.75, 3.05) is 11.9 Å². The molecule has 4 aromatic rings. The highest BCUT2D eigenvalue weighted by atomic mass is 16.5. The molecule has 0 aliphatic rings. The van der Waals surface area contributed by atoms with Gasteiger partial charge in [-0.3, -0.25) is 14.2 Å². The summed E-state index contributed by atoms with van der Waals surface area (Å²) in [6.45, 7) is 6.31. The summed E-state index contributed by atoms with van der Waals surface area (Å²) >= 11 is 0. The Morgan fingerprint density at radius 3 is 2.50 bits per heavy atom. The average molecular weight is 434 g/mol. The largest absolute Gasteiger partial charge is 0.492 e. The van der Waals surface area contributed by atoms with Crippen molar-refractivity contribution in [3.8, 4) is 11.6 Å². The first-order valence-electron chi connectivity index (χ1n) is 10.5. The second-order valence-corrected chi connectivity index (χ2v) is 8.07. The minimum Gasteiger partial charge on any atom is -0.492 e. The molecule has 166 valence electrons. The molecule has 0 saturated carbocycles. The van der Waals surface area contributed by atoms with Crippen LogP contribution in [0.4, 0.5) is 5.82 Å². The molecule has 32 heavy (non-hydrogen) atoms. The number of para-hydroxylation sites is 2. The first kappa shape index (κ1) is 21.4. The summed E-state index contributed by atoms with van der Waals surface area (Å²) in [7, 11) is 1.78. The molecule has 0 aliphatic heterocycles. The fraction of sp³-hybridized carbons (Fsp3) is 0.292. The number of anilines is 1. The maximum atomic E-state index is 12.9. The lowest BCUT2D eigenvalue weighted by Gasteiger charge is -2.24. The van der Waals surface area contributed by atoms with Crippen LogP contribution in [0.2, 0.25) is 0 Å². The maximum Gasteiger partial charge on any atom is 0.269 e. The van der Waals surface area contributed by atoms with Crippen LogP contribution in [0.3, 0.4) is 0 Å². The van der Waals surface area contributed by atoms with Gasteiger partial charge in [-0.25, -0.2) is 0 Å². The van der Waals surface area contributed by atoms with E-state index in [2.05, 4.69) is 15.5 Å². The number of ether oxygens (including phenoxy) is 2. The number of aryl methyl sites for hydroxylation is 2. The number of nitrogens with zero attached hydrogens (tertiary/aromatic N) is 4. The van der Waals surface area contributed by atoms with Crippen LogP contribution in [0.1, 0.15) is 19.5 Å². The molecule has 0 atom stereocenters. The van der Waals surface area contributed by atoms with Gasteiger partial charge in [-0.1, -0.05) is 30.3 Å². The van der Waals surface area contributed by atoms with Gasteiger partial charge < -0.3 is 14.8 Å². The van der Waals surface area contributed by atoms with E-state index < -0.39 is 5.60 Å². The van der Waals surface area contributed by atoms with Gasteiger partial charge in [-0.05, 0) is 45.0 Å². The van der Waals surface area contributed by atoms with Crippen LogP contribution in [0.15, 0.2) is 60.7 Å². The lowest BCUT2D eigenvalue weighted by molar-refractivity contribution is -0.128. The predicted octanol–water partition coefficient (Wildman–Crippen LogP) is 3.95. The van der Waals surface area contributed by atoms with E-state index in [9.17, 15) is 4.79 Å². The summed E-state index contributed by atoms with van der Waals surface area (Å²) < 4.78 is 15.4. The molecular weight excluding hydrogens is 406 g/mol. The van der Waals surface area contributed by atoms with Gasteiger partial charge in [0.25, 0.3) is 5.91 Å². The van der Waals surface area contributed by atoms with Crippen molar-refractivity contribution in [2.45, 2.75) is 32.9 Å². The molecular formula is C24H27N5O3. The quantitative estimate of drug-likeness (QED) is 0.455. The molecule has 0 spiro atoms. The maximum absolute atomic E-state index is 12.9.